The number of rotatable bonds is 5. The first-order chi connectivity index (χ1) is 10.1. The van der Waals surface area contributed by atoms with Gasteiger partial charge in [-0.1, -0.05) is 18.5 Å². The minimum absolute atomic E-state index is 0.208. The number of anilines is 1. The quantitative estimate of drug-likeness (QED) is 0.847. The van der Waals surface area contributed by atoms with Crippen LogP contribution in [0, 0.1) is 5.82 Å². The summed E-state index contributed by atoms with van der Waals surface area (Å²) in [6, 6.07) is 2.51. The number of carbonyl (C=O) groups is 1. The van der Waals surface area contributed by atoms with E-state index in [-0.39, 0.29) is 17.2 Å². The molecule has 0 saturated heterocycles. The van der Waals surface area contributed by atoms with E-state index in [9.17, 15) is 9.18 Å². The number of nitrogens with one attached hydrogen (secondary N) is 1. The van der Waals surface area contributed by atoms with Crippen molar-refractivity contribution in [3.63, 3.8) is 0 Å². The van der Waals surface area contributed by atoms with Crippen LogP contribution < -0.4 is 5.32 Å². The van der Waals surface area contributed by atoms with Crippen LogP contribution in [0.3, 0.4) is 0 Å². The third-order valence-electron chi connectivity index (χ3n) is 2.94. The highest BCUT2D eigenvalue weighted by atomic mass is 35.5. The molecule has 1 heterocycles. The van der Waals surface area contributed by atoms with Gasteiger partial charge in [-0.15, -0.1) is 0 Å². The predicted molar refractivity (Wildman–Crippen MR) is 81.4 cm³/mol. The van der Waals surface area contributed by atoms with Crippen molar-refractivity contribution in [2.24, 2.45) is 0 Å². The van der Waals surface area contributed by atoms with E-state index in [1.807, 2.05) is 6.92 Å². The van der Waals surface area contributed by atoms with Gasteiger partial charge >= 0.3 is 5.97 Å². The maximum atomic E-state index is 13.6. The summed E-state index contributed by atoms with van der Waals surface area (Å²) in [6.45, 7) is 4.61. The molecule has 0 amide bonds. The van der Waals surface area contributed by atoms with E-state index < -0.39 is 11.8 Å². The molecule has 0 aliphatic rings. The maximum Gasteiger partial charge on any atom is 0.341 e. The molecule has 4 nitrogen and oxygen atoms in total. The number of halogens is 2. The fraction of sp³-hybridized carbons (Fsp3) is 0.333. The number of hydrogen-bond donors (Lipinski definition) is 1. The van der Waals surface area contributed by atoms with Gasteiger partial charge in [0.05, 0.1) is 22.8 Å². The standard InChI is InChI=1S/C15H16ClFN2O2/c1-3-5-18-13-10-6-9(17)7-12(16)14(10)19-8-11(13)15(20)21-4-2/h6-8H,3-5H2,1-2H3,(H,18,19). The number of esters is 1. The van der Waals surface area contributed by atoms with Crippen LogP contribution >= 0.6 is 11.6 Å². The van der Waals surface area contributed by atoms with E-state index in [0.29, 0.717) is 23.1 Å². The average molecular weight is 311 g/mol. The van der Waals surface area contributed by atoms with Crippen LogP contribution in [0.25, 0.3) is 10.9 Å². The molecule has 0 atom stereocenters. The molecule has 21 heavy (non-hydrogen) atoms. The first kappa shape index (κ1) is 15.5. The van der Waals surface area contributed by atoms with Crippen LogP contribution in [0.5, 0.6) is 0 Å². The van der Waals surface area contributed by atoms with Gasteiger partial charge in [0, 0.05) is 18.1 Å². The highest BCUT2D eigenvalue weighted by Crippen LogP contribution is 2.31. The molecule has 0 aliphatic heterocycles. The van der Waals surface area contributed by atoms with Crippen LogP contribution in [0.1, 0.15) is 30.6 Å². The third-order valence-corrected chi connectivity index (χ3v) is 3.22. The Morgan fingerprint density at radius 1 is 1.43 bits per heavy atom. The Bertz CT molecular complexity index is 676. The Morgan fingerprint density at radius 2 is 2.19 bits per heavy atom. The van der Waals surface area contributed by atoms with Crippen molar-refractivity contribution in [1.82, 2.24) is 4.98 Å². The summed E-state index contributed by atoms with van der Waals surface area (Å²) < 4.78 is 18.6. The number of aromatic nitrogens is 1. The topological polar surface area (TPSA) is 51.2 Å². The lowest BCUT2D eigenvalue weighted by Gasteiger charge is -2.14. The monoisotopic (exact) mass is 310 g/mol. The number of nitrogens with zero attached hydrogens (tertiary/aromatic N) is 1. The number of carbonyl (C=O) groups excluding carboxylic acids is 1. The van der Waals surface area contributed by atoms with Crippen molar-refractivity contribution in [2.75, 3.05) is 18.5 Å². The summed E-state index contributed by atoms with van der Waals surface area (Å²) in [4.78, 5) is 16.2. The minimum Gasteiger partial charge on any atom is -0.462 e. The summed E-state index contributed by atoms with van der Waals surface area (Å²) in [5, 5.41) is 3.81. The smallest absolute Gasteiger partial charge is 0.341 e. The molecule has 0 spiro atoms. The highest BCUT2D eigenvalue weighted by Gasteiger charge is 2.18. The predicted octanol–water partition coefficient (Wildman–Crippen LogP) is 4.03. The maximum absolute atomic E-state index is 13.6. The summed E-state index contributed by atoms with van der Waals surface area (Å²) in [7, 11) is 0. The fourth-order valence-electron chi connectivity index (χ4n) is 2.03. The van der Waals surface area contributed by atoms with Crippen molar-refractivity contribution < 1.29 is 13.9 Å². The zero-order valence-corrected chi connectivity index (χ0v) is 12.6. The molecule has 0 aliphatic carbocycles. The van der Waals surface area contributed by atoms with Crippen LogP contribution in [0.4, 0.5) is 10.1 Å². The lowest BCUT2D eigenvalue weighted by atomic mass is 10.1. The highest BCUT2D eigenvalue weighted by molar-refractivity contribution is 6.35. The van der Waals surface area contributed by atoms with Crippen LogP contribution in [0.15, 0.2) is 18.3 Å². The molecule has 0 saturated carbocycles. The minimum atomic E-state index is -0.495. The van der Waals surface area contributed by atoms with Crippen LogP contribution in [-0.4, -0.2) is 24.1 Å². The zero-order valence-electron chi connectivity index (χ0n) is 11.9. The molecule has 0 fully saturated rings. The molecule has 0 bridgehead atoms. The number of hydrogen-bond acceptors (Lipinski definition) is 4. The number of benzene rings is 1. The Labute approximate surface area is 127 Å². The van der Waals surface area contributed by atoms with Gasteiger partial charge in [-0.3, -0.25) is 4.98 Å². The van der Waals surface area contributed by atoms with Gasteiger partial charge in [0.2, 0.25) is 0 Å². The Balaban J connectivity index is 2.66. The van der Waals surface area contributed by atoms with E-state index in [0.717, 1.165) is 6.42 Å². The van der Waals surface area contributed by atoms with Crippen LogP contribution in [-0.2, 0) is 4.74 Å². The van der Waals surface area contributed by atoms with Gasteiger partial charge < -0.3 is 10.1 Å². The molecule has 2 aromatic rings. The van der Waals surface area contributed by atoms with E-state index >= 15 is 0 Å². The van der Waals surface area contributed by atoms with Crippen molar-refractivity contribution >= 4 is 34.2 Å². The SMILES string of the molecule is CCCNc1c(C(=O)OCC)cnc2c(Cl)cc(F)cc12. The van der Waals surface area contributed by atoms with Crippen molar-refractivity contribution in [1.29, 1.82) is 0 Å². The van der Waals surface area contributed by atoms with Crippen molar-refractivity contribution in [3.05, 3.63) is 34.7 Å². The molecule has 6 heteroatoms. The normalized spacial score (nSPS) is 10.7. The molecule has 1 aromatic carbocycles. The van der Waals surface area contributed by atoms with Crippen molar-refractivity contribution in [2.45, 2.75) is 20.3 Å². The van der Waals surface area contributed by atoms with Crippen molar-refractivity contribution in [3.8, 4) is 0 Å². The molecule has 112 valence electrons. The molecule has 1 aromatic heterocycles. The summed E-state index contributed by atoms with van der Waals surface area (Å²) in [5.74, 6) is -0.972. The van der Waals surface area contributed by atoms with E-state index in [2.05, 4.69) is 10.3 Å². The molecule has 0 unspecified atom stereocenters. The van der Waals surface area contributed by atoms with Gasteiger partial charge in [-0.25, -0.2) is 9.18 Å². The third kappa shape index (κ3) is 3.24. The lowest BCUT2D eigenvalue weighted by molar-refractivity contribution is 0.0527. The average Bonchev–Trinajstić information content (AvgIpc) is 2.44. The van der Waals surface area contributed by atoms with Gasteiger partial charge in [0.1, 0.15) is 11.4 Å². The van der Waals surface area contributed by atoms with Gasteiger partial charge in [0.15, 0.2) is 0 Å². The Hall–Kier alpha value is -1.88. The Morgan fingerprint density at radius 3 is 2.86 bits per heavy atom. The first-order valence-electron chi connectivity index (χ1n) is 6.77. The summed E-state index contributed by atoms with van der Waals surface area (Å²) >= 11 is 6.01. The second-order valence-electron chi connectivity index (χ2n) is 4.48. The second kappa shape index (κ2) is 6.72. The second-order valence-corrected chi connectivity index (χ2v) is 4.89. The Kier molecular flexibility index (Phi) is 4.96. The lowest BCUT2D eigenvalue weighted by Crippen LogP contribution is -2.11. The number of fused-ring (bicyclic) bond motifs is 1. The fourth-order valence-corrected chi connectivity index (χ4v) is 2.29. The zero-order chi connectivity index (χ0) is 15.4. The number of pyridine rings is 1. The summed E-state index contributed by atoms with van der Waals surface area (Å²) in [6.07, 6.45) is 2.26. The van der Waals surface area contributed by atoms with E-state index in [1.165, 1.54) is 18.3 Å². The van der Waals surface area contributed by atoms with E-state index in [4.69, 9.17) is 16.3 Å². The van der Waals surface area contributed by atoms with Gasteiger partial charge in [0.25, 0.3) is 0 Å². The molecule has 0 radical (unpaired) electrons. The largest absolute Gasteiger partial charge is 0.462 e. The summed E-state index contributed by atoms with van der Waals surface area (Å²) in [5.41, 5.74) is 1.23. The van der Waals surface area contributed by atoms with E-state index in [1.54, 1.807) is 6.92 Å². The number of ether oxygens (including phenoxy) is 1. The molecule has 1 N–H and O–H groups in total. The molecule has 2 rings (SSSR count). The molecular weight excluding hydrogens is 295 g/mol. The van der Waals surface area contributed by atoms with Crippen LogP contribution in [0.2, 0.25) is 5.02 Å². The van der Waals surface area contributed by atoms with Gasteiger partial charge in [-0.05, 0) is 25.5 Å². The van der Waals surface area contributed by atoms with Gasteiger partial charge in [-0.2, -0.15) is 0 Å². The molecular formula is C15H16ClFN2O2. The first-order valence-corrected chi connectivity index (χ1v) is 7.15.